The van der Waals surface area contributed by atoms with Crippen molar-refractivity contribution in [2.75, 3.05) is 22.6 Å². The number of nitrogens with one attached hydrogen (secondary N) is 1. The Balaban J connectivity index is 1.40. The van der Waals surface area contributed by atoms with Gasteiger partial charge in [0, 0.05) is 11.0 Å². The van der Waals surface area contributed by atoms with Gasteiger partial charge in [0.15, 0.2) is 9.84 Å². The van der Waals surface area contributed by atoms with Crippen molar-refractivity contribution in [3.63, 3.8) is 0 Å². The molecule has 1 fully saturated rings. The second-order valence-electron chi connectivity index (χ2n) is 7.29. The van der Waals surface area contributed by atoms with Gasteiger partial charge in [0.05, 0.1) is 29.0 Å². The lowest BCUT2D eigenvalue weighted by atomic mass is 10.1. The Hall–Kier alpha value is -1.80. The number of thioether (sulfide) groups is 1. The minimum Gasteiger partial charge on any atom is -0.310 e. The molecule has 1 aliphatic carbocycles. The summed E-state index contributed by atoms with van der Waals surface area (Å²) in [6.07, 6.45) is 4.03. The number of benzene rings is 1. The number of hydrogen-bond donors (Lipinski definition) is 1. The molecule has 2 heterocycles. The maximum Gasteiger partial charge on any atom is 0.235 e. The summed E-state index contributed by atoms with van der Waals surface area (Å²) in [4.78, 5) is 13.5. The maximum absolute atomic E-state index is 12.4. The minimum atomic E-state index is -3.01. The predicted octanol–water partition coefficient (Wildman–Crippen LogP) is 2.77. The Morgan fingerprint density at radius 2 is 2.11 bits per heavy atom. The van der Waals surface area contributed by atoms with Crippen molar-refractivity contribution in [1.82, 2.24) is 9.78 Å². The van der Waals surface area contributed by atoms with Crippen molar-refractivity contribution in [2.24, 2.45) is 0 Å². The van der Waals surface area contributed by atoms with E-state index < -0.39 is 9.84 Å². The summed E-state index contributed by atoms with van der Waals surface area (Å²) in [7, 11) is -3.01. The van der Waals surface area contributed by atoms with Gasteiger partial charge in [0.1, 0.15) is 5.82 Å². The molecule has 1 aromatic carbocycles. The van der Waals surface area contributed by atoms with Crippen LogP contribution in [-0.2, 0) is 27.5 Å². The number of nitrogens with zero attached hydrogens (tertiary/aromatic N) is 2. The lowest BCUT2D eigenvalue weighted by Crippen LogP contribution is -2.20. The molecule has 1 atom stereocenters. The third-order valence-electron chi connectivity index (χ3n) is 5.12. The molecule has 2 aromatic rings. The zero-order valence-corrected chi connectivity index (χ0v) is 16.9. The Bertz CT molecular complexity index is 982. The van der Waals surface area contributed by atoms with E-state index in [1.54, 1.807) is 10.7 Å². The number of sulfone groups is 1. The molecule has 1 amide bonds. The zero-order valence-electron chi connectivity index (χ0n) is 15.3. The second-order valence-corrected chi connectivity index (χ2v) is 10.6. The van der Waals surface area contributed by atoms with Crippen molar-refractivity contribution >= 4 is 33.3 Å². The Morgan fingerprint density at radius 1 is 1.30 bits per heavy atom. The summed E-state index contributed by atoms with van der Waals surface area (Å²) in [5.74, 6) is 1.04. The fraction of sp³-hybridized carbons (Fsp3) is 0.474. The molecule has 1 aromatic heterocycles. The lowest BCUT2D eigenvalue weighted by Gasteiger charge is -2.13. The van der Waals surface area contributed by atoms with Gasteiger partial charge < -0.3 is 5.32 Å². The van der Waals surface area contributed by atoms with Crippen LogP contribution in [0.3, 0.4) is 0 Å². The number of anilines is 1. The topological polar surface area (TPSA) is 81.1 Å². The summed E-state index contributed by atoms with van der Waals surface area (Å²) in [6.45, 7) is 1.84. The predicted molar refractivity (Wildman–Crippen MR) is 107 cm³/mol. The van der Waals surface area contributed by atoms with Crippen molar-refractivity contribution in [2.45, 2.75) is 43.5 Å². The van der Waals surface area contributed by atoms with Gasteiger partial charge in [-0.2, -0.15) is 5.10 Å². The number of hydrogen-bond acceptors (Lipinski definition) is 5. The zero-order chi connectivity index (χ0) is 19.0. The van der Waals surface area contributed by atoms with Gasteiger partial charge in [-0.25, -0.2) is 13.1 Å². The van der Waals surface area contributed by atoms with Crippen LogP contribution in [-0.4, -0.2) is 41.4 Å². The highest BCUT2D eigenvalue weighted by Crippen LogP contribution is 2.29. The summed E-state index contributed by atoms with van der Waals surface area (Å²) in [5.41, 5.74) is 3.59. The second kappa shape index (κ2) is 7.31. The molecule has 1 saturated heterocycles. The van der Waals surface area contributed by atoms with Crippen LogP contribution in [0.25, 0.3) is 0 Å². The molecule has 1 aliphatic heterocycles. The van der Waals surface area contributed by atoms with Crippen LogP contribution < -0.4 is 5.32 Å². The van der Waals surface area contributed by atoms with E-state index in [2.05, 4.69) is 28.6 Å². The summed E-state index contributed by atoms with van der Waals surface area (Å²) >= 11 is 1.52. The van der Waals surface area contributed by atoms with Crippen LogP contribution >= 0.6 is 11.8 Å². The Morgan fingerprint density at radius 3 is 2.89 bits per heavy atom. The Labute approximate surface area is 163 Å². The number of carbonyl (C=O) groups excluding carboxylic acids is 1. The highest BCUT2D eigenvalue weighted by Gasteiger charge is 2.31. The van der Waals surface area contributed by atoms with Crippen LogP contribution in [0.2, 0.25) is 0 Å². The first-order valence-corrected chi connectivity index (χ1v) is 12.0. The largest absolute Gasteiger partial charge is 0.310 e. The molecule has 0 bridgehead atoms. The van der Waals surface area contributed by atoms with Gasteiger partial charge in [-0.05, 0) is 55.9 Å². The van der Waals surface area contributed by atoms with Crippen molar-refractivity contribution in [3.05, 3.63) is 41.1 Å². The monoisotopic (exact) mass is 405 g/mol. The van der Waals surface area contributed by atoms with Crippen LogP contribution in [0, 0.1) is 6.92 Å². The number of fused-ring (bicyclic) bond motifs is 1. The van der Waals surface area contributed by atoms with Crippen LogP contribution in [0.4, 0.5) is 5.82 Å². The standard InChI is InChI=1S/C19H23N3O3S2/c1-13-9-18(22(21-13)16-7-8-27(24,25)12-16)20-19(23)11-26-17-6-5-14-3-2-4-15(14)10-17/h5-6,9-10,16H,2-4,7-8,11-12H2,1H3,(H,20,23). The first-order valence-electron chi connectivity index (χ1n) is 9.21. The summed E-state index contributed by atoms with van der Waals surface area (Å²) in [6, 6.07) is 8.03. The molecule has 144 valence electrons. The van der Waals surface area contributed by atoms with Gasteiger partial charge in [0.2, 0.25) is 5.91 Å². The van der Waals surface area contributed by atoms with Crippen molar-refractivity contribution in [3.8, 4) is 0 Å². The van der Waals surface area contributed by atoms with Crippen molar-refractivity contribution < 1.29 is 13.2 Å². The number of rotatable bonds is 5. The lowest BCUT2D eigenvalue weighted by molar-refractivity contribution is -0.113. The number of aromatic nitrogens is 2. The van der Waals surface area contributed by atoms with Crippen LogP contribution in [0.1, 0.15) is 35.7 Å². The molecule has 1 unspecified atom stereocenters. The van der Waals surface area contributed by atoms with Gasteiger partial charge in [-0.3, -0.25) is 4.79 Å². The van der Waals surface area contributed by atoms with E-state index in [-0.39, 0.29) is 23.5 Å². The average Bonchev–Trinajstić information content (AvgIpc) is 3.31. The minimum absolute atomic E-state index is 0.0842. The number of aryl methyl sites for hydroxylation is 3. The van der Waals surface area contributed by atoms with E-state index in [4.69, 9.17) is 0 Å². The molecular weight excluding hydrogens is 382 g/mol. The fourth-order valence-electron chi connectivity index (χ4n) is 3.82. The first-order chi connectivity index (χ1) is 12.9. The first kappa shape index (κ1) is 18.6. The van der Waals surface area contributed by atoms with Crippen LogP contribution in [0.5, 0.6) is 0 Å². The third kappa shape index (κ3) is 4.21. The van der Waals surface area contributed by atoms with Gasteiger partial charge in [-0.15, -0.1) is 11.8 Å². The molecule has 0 radical (unpaired) electrons. The van der Waals surface area contributed by atoms with Gasteiger partial charge in [-0.1, -0.05) is 6.07 Å². The molecule has 6 nitrogen and oxygen atoms in total. The van der Waals surface area contributed by atoms with E-state index in [9.17, 15) is 13.2 Å². The van der Waals surface area contributed by atoms with Crippen LogP contribution in [0.15, 0.2) is 29.2 Å². The highest BCUT2D eigenvalue weighted by atomic mass is 32.2. The van der Waals surface area contributed by atoms with E-state index in [1.807, 2.05) is 6.92 Å². The molecule has 4 rings (SSSR count). The van der Waals surface area contributed by atoms with Gasteiger partial charge >= 0.3 is 0 Å². The molecule has 1 N–H and O–H groups in total. The highest BCUT2D eigenvalue weighted by molar-refractivity contribution is 8.00. The van der Waals surface area contributed by atoms with Gasteiger partial charge in [0.25, 0.3) is 0 Å². The molecule has 0 spiro atoms. The van der Waals surface area contributed by atoms with Crippen molar-refractivity contribution in [1.29, 1.82) is 0 Å². The SMILES string of the molecule is Cc1cc(NC(=O)CSc2ccc3c(c2)CCC3)n(C2CCS(=O)(=O)C2)n1. The Kier molecular flexibility index (Phi) is 5.03. The fourth-order valence-corrected chi connectivity index (χ4v) is 6.27. The molecular formula is C19H23N3O3S2. The van der Waals surface area contributed by atoms with E-state index in [0.717, 1.165) is 23.4 Å². The molecule has 8 heteroatoms. The number of amides is 1. The molecule has 0 saturated carbocycles. The molecule has 2 aliphatic rings. The molecule has 27 heavy (non-hydrogen) atoms. The van der Waals surface area contributed by atoms with E-state index in [0.29, 0.717) is 18.0 Å². The number of carbonyl (C=O) groups is 1. The normalized spacial score (nSPS) is 20.6. The maximum atomic E-state index is 12.4. The summed E-state index contributed by atoms with van der Waals surface area (Å²) < 4.78 is 25.2. The third-order valence-corrected chi connectivity index (χ3v) is 7.86. The van der Waals surface area contributed by atoms with E-state index >= 15 is 0 Å². The quantitative estimate of drug-likeness (QED) is 0.774. The smallest absolute Gasteiger partial charge is 0.235 e. The van der Waals surface area contributed by atoms with E-state index in [1.165, 1.54) is 29.3 Å². The average molecular weight is 406 g/mol. The summed E-state index contributed by atoms with van der Waals surface area (Å²) in [5, 5.41) is 7.30.